The molecule has 9 nitrogen and oxygen atoms in total. The second kappa shape index (κ2) is 7.65. The predicted octanol–water partition coefficient (Wildman–Crippen LogP) is 1.63. The normalized spacial score (nSPS) is 24.2. The molecule has 3 N–H and O–H groups in total. The van der Waals surface area contributed by atoms with E-state index in [9.17, 15) is 5.11 Å². The molecular formula is C24H31N7O2. The molecule has 2 saturated heterocycles. The van der Waals surface area contributed by atoms with Gasteiger partial charge in [0.25, 0.3) is 0 Å². The fourth-order valence-corrected chi connectivity index (χ4v) is 5.82. The lowest BCUT2D eigenvalue weighted by molar-refractivity contribution is 0.0973. The van der Waals surface area contributed by atoms with Gasteiger partial charge in [0.15, 0.2) is 11.5 Å². The van der Waals surface area contributed by atoms with Crippen LogP contribution in [0, 0.1) is 5.41 Å². The number of aliphatic hydroxyl groups excluding tert-OH is 1. The third-order valence-electron chi connectivity index (χ3n) is 7.97. The second-order valence-electron chi connectivity index (χ2n) is 9.75. The van der Waals surface area contributed by atoms with Gasteiger partial charge in [0.05, 0.1) is 31.2 Å². The predicted molar refractivity (Wildman–Crippen MR) is 127 cm³/mol. The number of fused-ring (bicyclic) bond motifs is 2. The molecule has 33 heavy (non-hydrogen) atoms. The SMILES string of the molecule is C[C@@H]1OCC2(CCN(c3nc4cnn(-c5cccc6c5CCN6C)c4nc3CO)CC2)[C@@H]1N. The zero-order valence-corrected chi connectivity index (χ0v) is 19.2. The summed E-state index contributed by atoms with van der Waals surface area (Å²) in [5.74, 6) is 0.748. The molecule has 3 aromatic rings. The molecule has 1 spiro atoms. The Hall–Kier alpha value is -2.75. The molecule has 9 heteroatoms. The molecule has 0 amide bonds. The van der Waals surface area contributed by atoms with E-state index >= 15 is 0 Å². The summed E-state index contributed by atoms with van der Waals surface area (Å²) in [6.07, 6.45) is 4.75. The highest BCUT2D eigenvalue weighted by atomic mass is 16.5. The molecule has 0 unspecified atom stereocenters. The van der Waals surface area contributed by atoms with E-state index in [2.05, 4.69) is 47.1 Å². The van der Waals surface area contributed by atoms with Crippen molar-refractivity contribution in [2.75, 3.05) is 43.1 Å². The molecule has 0 radical (unpaired) electrons. The maximum absolute atomic E-state index is 10.2. The number of anilines is 2. The lowest BCUT2D eigenvalue weighted by Crippen LogP contribution is -2.51. The number of hydrogen-bond donors (Lipinski definition) is 2. The second-order valence-corrected chi connectivity index (χ2v) is 9.75. The third kappa shape index (κ3) is 3.13. The Balaban J connectivity index is 1.34. The monoisotopic (exact) mass is 449 g/mol. The van der Waals surface area contributed by atoms with Crippen molar-refractivity contribution in [1.29, 1.82) is 0 Å². The molecule has 174 valence electrons. The molecule has 3 aliphatic heterocycles. The smallest absolute Gasteiger partial charge is 0.182 e. The quantitative estimate of drug-likeness (QED) is 0.622. The van der Waals surface area contributed by atoms with Crippen molar-refractivity contribution in [2.24, 2.45) is 11.1 Å². The summed E-state index contributed by atoms with van der Waals surface area (Å²) in [6, 6.07) is 6.35. The average Bonchev–Trinajstić information content (AvgIpc) is 3.51. The van der Waals surface area contributed by atoms with Gasteiger partial charge in [0, 0.05) is 49.4 Å². The van der Waals surface area contributed by atoms with Crippen molar-refractivity contribution in [3.8, 4) is 5.69 Å². The molecular weight excluding hydrogens is 418 g/mol. The van der Waals surface area contributed by atoms with Crippen LogP contribution in [0.4, 0.5) is 11.5 Å². The Morgan fingerprint density at radius 1 is 1.18 bits per heavy atom. The van der Waals surface area contributed by atoms with Gasteiger partial charge in [-0.15, -0.1) is 0 Å². The summed E-state index contributed by atoms with van der Waals surface area (Å²) >= 11 is 0. The highest BCUT2D eigenvalue weighted by Crippen LogP contribution is 2.42. The van der Waals surface area contributed by atoms with E-state index in [0.29, 0.717) is 11.3 Å². The minimum absolute atomic E-state index is 0.0402. The summed E-state index contributed by atoms with van der Waals surface area (Å²) in [4.78, 5) is 14.3. The molecule has 5 heterocycles. The number of rotatable bonds is 3. The van der Waals surface area contributed by atoms with Crippen LogP contribution in [0.25, 0.3) is 16.9 Å². The van der Waals surface area contributed by atoms with Crippen LogP contribution in [0.2, 0.25) is 0 Å². The van der Waals surface area contributed by atoms with Crippen LogP contribution in [0.5, 0.6) is 0 Å². The van der Waals surface area contributed by atoms with Gasteiger partial charge in [-0.05, 0) is 38.3 Å². The highest BCUT2D eigenvalue weighted by Gasteiger charge is 2.47. The number of nitrogens with two attached hydrogens (primary N) is 1. The molecule has 0 aliphatic carbocycles. The van der Waals surface area contributed by atoms with E-state index in [1.54, 1.807) is 6.20 Å². The number of piperidine rings is 1. The summed E-state index contributed by atoms with van der Waals surface area (Å²) in [5.41, 5.74) is 12.1. The van der Waals surface area contributed by atoms with Gasteiger partial charge in [-0.25, -0.2) is 14.6 Å². The Morgan fingerprint density at radius 3 is 2.70 bits per heavy atom. The van der Waals surface area contributed by atoms with Gasteiger partial charge >= 0.3 is 0 Å². The average molecular weight is 450 g/mol. The molecule has 2 fully saturated rings. The number of benzene rings is 1. The number of likely N-dealkylation sites (N-methyl/N-ethyl adjacent to an activating group) is 1. The molecule has 1 aromatic carbocycles. The molecule has 0 bridgehead atoms. The zero-order valence-electron chi connectivity index (χ0n) is 19.2. The van der Waals surface area contributed by atoms with Gasteiger partial charge in [-0.3, -0.25) is 0 Å². The first kappa shape index (κ1) is 20.8. The molecule has 6 rings (SSSR count). The van der Waals surface area contributed by atoms with E-state index in [0.717, 1.165) is 62.5 Å². The maximum atomic E-state index is 10.2. The molecule has 0 saturated carbocycles. The van der Waals surface area contributed by atoms with Gasteiger partial charge in [0.2, 0.25) is 0 Å². The van der Waals surface area contributed by atoms with E-state index < -0.39 is 0 Å². The van der Waals surface area contributed by atoms with Crippen LogP contribution < -0.4 is 15.5 Å². The van der Waals surface area contributed by atoms with E-state index in [4.69, 9.17) is 20.4 Å². The Kier molecular flexibility index (Phi) is 4.83. The van der Waals surface area contributed by atoms with Crippen molar-refractivity contribution < 1.29 is 9.84 Å². The largest absolute Gasteiger partial charge is 0.390 e. The van der Waals surface area contributed by atoms with E-state index in [1.165, 1.54) is 11.3 Å². The summed E-state index contributed by atoms with van der Waals surface area (Å²) in [5, 5.41) is 14.8. The lowest BCUT2D eigenvalue weighted by Gasteiger charge is -2.41. The van der Waals surface area contributed by atoms with E-state index in [1.807, 2.05) is 4.68 Å². The fourth-order valence-electron chi connectivity index (χ4n) is 5.82. The van der Waals surface area contributed by atoms with E-state index in [-0.39, 0.29) is 24.2 Å². The minimum Gasteiger partial charge on any atom is -0.390 e. The van der Waals surface area contributed by atoms with Crippen molar-refractivity contribution in [2.45, 2.75) is 44.9 Å². The van der Waals surface area contributed by atoms with Crippen LogP contribution in [0.15, 0.2) is 24.4 Å². The van der Waals surface area contributed by atoms with Gasteiger partial charge in [0.1, 0.15) is 11.2 Å². The highest BCUT2D eigenvalue weighted by molar-refractivity contribution is 5.76. The van der Waals surface area contributed by atoms with Crippen LogP contribution in [0.3, 0.4) is 0 Å². The van der Waals surface area contributed by atoms with Crippen molar-refractivity contribution >= 4 is 22.7 Å². The number of nitrogens with zero attached hydrogens (tertiary/aromatic N) is 6. The lowest BCUT2D eigenvalue weighted by atomic mass is 9.73. The summed E-state index contributed by atoms with van der Waals surface area (Å²) in [6.45, 7) is 5.26. The van der Waals surface area contributed by atoms with Crippen molar-refractivity contribution in [3.05, 3.63) is 35.7 Å². The van der Waals surface area contributed by atoms with Gasteiger partial charge in [-0.2, -0.15) is 5.10 Å². The maximum Gasteiger partial charge on any atom is 0.182 e. The molecule has 2 aromatic heterocycles. The topological polar surface area (TPSA) is 106 Å². The zero-order chi connectivity index (χ0) is 22.7. The number of aliphatic hydroxyl groups is 1. The summed E-state index contributed by atoms with van der Waals surface area (Å²) < 4.78 is 7.73. The van der Waals surface area contributed by atoms with Crippen LogP contribution in [-0.4, -0.2) is 70.3 Å². The van der Waals surface area contributed by atoms with Gasteiger partial charge < -0.3 is 25.4 Å². The number of ether oxygens (including phenoxy) is 1. The molecule has 3 aliphatic rings. The Labute approximate surface area is 193 Å². The fraction of sp³-hybridized carbons (Fsp3) is 0.542. The third-order valence-corrected chi connectivity index (χ3v) is 7.97. The van der Waals surface area contributed by atoms with Crippen molar-refractivity contribution in [3.63, 3.8) is 0 Å². The first-order chi connectivity index (χ1) is 16.0. The number of aromatic nitrogens is 4. The number of hydrogen-bond acceptors (Lipinski definition) is 8. The van der Waals surface area contributed by atoms with Crippen LogP contribution in [0.1, 0.15) is 31.0 Å². The Bertz CT molecular complexity index is 1200. The minimum atomic E-state index is -0.166. The Morgan fingerprint density at radius 2 is 1.97 bits per heavy atom. The molecule has 2 atom stereocenters. The van der Waals surface area contributed by atoms with Crippen molar-refractivity contribution in [1.82, 2.24) is 19.7 Å². The summed E-state index contributed by atoms with van der Waals surface area (Å²) in [7, 11) is 2.11. The van der Waals surface area contributed by atoms with Crippen LogP contribution >= 0.6 is 0 Å². The van der Waals surface area contributed by atoms with Crippen LogP contribution in [-0.2, 0) is 17.8 Å². The van der Waals surface area contributed by atoms with Gasteiger partial charge in [-0.1, -0.05) is 6.07 Å². The first-order valence-corrected chi connectivity index (χ1v) is 11.8. The first-order valence-electron chi connectivity index (χ1n) is 11.8. The standard InChI is InChI=1S/C24H31N7O2/c1-15-21(25)24(14-33-15)7-10-30(11-8-24)22-18(13-32)28-23-17(27-22)12-26-31(23)20-5-3-4-19-16(20)6-9-29(19)2/h3-5,12,15,21,32H,6-11,13-14,25H2,1-2H3/t15-,21+/m0/s1.